The molecular formula is C8H10F3NS. The second-order valence-corrected chi connectivity index (χ2v) is 4.03. The lowest BCUT2D eigenvalue weighted by Crippen LogP contribution is -2.38. The molecule has 0 spiro atoms. The fourth-order valence-corrected chi connectivity index (χ4v) is 1.70. The van der Waals surface area contributed by atoms with Crippen LogP contribution in [0.25, 0.3) is 0 Å². The topological polar surface area (TPSA) is 26.0 Å². The molecule has 13 heavy (non-hydrogen) atoms. The Morgan fingerprint density at radius 2 is 2.15 bits per heavy atom. The highest BCUT2D eigenvalue weighted by atomic mass is 32.1. The van der Waals surface area contributed by atoms with E-state index in [-0.39, 0.29) is 6.42 Å². The van der Waals surface area contributed by atoms with Crippen LogP contribution in [0, 0.1) is 6.92 Å². The van der Waals surface area contributed by atoms with E-state index in [1.807, 2.05) is 6.92 Å². The maximum atomic E-state index is 12.0. The zero-order chi connectivity index (χ0) is 10.1. The van der Waals surface area contributed by atoms with Gasteiger partial charge in [-0.3, -0.25) is 0 Å². The summed E-state index contributed by atoms with van der Waals surface area (Å²) in [4.78, 5) is 1.00. The molecule has 1 aromatic heterocycles. The molecule has 5 heteroatoms. The van der Waals surface area contributed by atoms with Crippen LogP contribution in [0.3, 0.4) is 0 Å². The van der Waals surface area contributed by atoms with Crippen LogP contribution >= 0.6 is 11.3 Å². The molecule has 0 amide bonds. The fourth-order valence-electron chi connectivity index (χ4n) is 0.974. The standard InChI is InChI=1S/C8H10F3NS/c1-5-2-6(4-13-5)3-7(12)8(9,10)11/h2,4,7H,3,12H2,1H3. The summed E-state index contributed by atoms with van der Waals surface area (Å²) in [5, 5.41) is 1.71. The number of rotatable bonds is 2. The SMILES string of the molecule is Cc1cc(CC(N)C(F)(F)F)cs1. The second-order valence-electron chi connectivity index (χ2n) is 2.92. The molecule has 0 aliphatic rings. The summed E-state index contributed by atoms with van der Waals surface area (Å²) in [5.74, 6) is 0. The number of nitrogens with two attached hydrogens (primary N) is 1. The monoisotopic (exact) mass is 209 g/mol. The van der Waals surface area contributed by atoms with E-state index in [4.69, 9.17) is 5.73 Å². The van der Waals surface area contributed by atoms with Gasteiger partial charge in [-0.15, -0.1) is 11.3 Å². The van der Waals surface area contributed by atoms with E-state index >= 15 is 0 Å². The zero-order valence-corrected chi connectivity index (χ0v) is 7.88. The van der Waals surface area contributed by atoms with Crippen molar-refractivity contribution in [1.29, 1.82) is 0 Å². The first kappa shape index (κ1) is 10.5. The predicted octanol–water partition coefficient (Wildman–Crippen LogP) is 2.49. The van der Waals surface area contributed by atoms with E-state index in [1.165, 1.54) is 11.3 Å². The van der Waals surface area contributed by atoms with Gasteiger partial charge >= 0.3 is 6.18 Å². The average molecular weight is 209 g/mol. The van der Waals surface area contributed by atoms with Crippen molar-refractivity contribution in [2.24, 2.45) is 5.73 Å². The van der Waals surface area contributed by atoms with Crippen molar-refractivity contribution in [3.8, 4) is 0 Å². The first-order valence-corrected chi connectivity index (χ1v) is 4.64. The number of hydrogen-bond acceptors (Lipinski definition) is 2. The van der Waals surface area contributed by atoms with Crippen molar-refractivity contribution < 1.29 is 13.2 Å². The number of hydrogen-bond donors (Lipinski definition) is 1. The summed E-state index contributed by atoms with van der Waals surface area (Å²) in [5.41, 5.74) is 5.63. The highest BCUT2D eigenvalue weighted by Gasteiger charge is 2.36. The van der Waals surface area contributed by atoms with E-state index in [0.29, 0.717) is 5.56 Å². The molecule has 0 saturated heterocycles. The molecule has 0 radical (unpaired) electrons. The highest BCUT2D eigenvalue weighted by molar-refractivity contribution is 7.10. The molecule has 0 bridgehead atoms. The van der Waals surface area contributed by atoms with Crippen LogP contribution < -0.4 is 5.73 Å². The van der Waals surface area contributed by atoms with Crippen LogP contribution in [0.2, 0.25) is 0 Å². The maximum Gasteiger partial charge on any atom is 0.403 e. The molecular weight excluding hydrogens is 199 g/mol. The van der Waals surface area contributed by atoms with Gasteiger partial charge in [0.25, 0.3) is 0 Å². The van der Waals surface area contributed by atoms with Crippen molar-refractivity contribution in [3.63, 3.8) is 0 Å². The third-order valence-corrected chi connectivity index (χ3v) is 2.57. The van der Waals surface area contributed by atoms with E-state index in [9.17, 15) is 13.2 Å². The van der Waals surface area contributed by atoms with Crippen LogP contribution in [0.5, 0.6) is 0 Å². The van der Waals surface area contributed by atoms with E-state index in [2.05, 4.69) is 0 Å². The lowest BCUT2D eigenvalue weighted by Gasteiger charge is -2.14. The molecule has 0 fully saturated rings. The number of alkyl halides is 3. The van der Waals surface area contributed by atoms with E-state index < -0.39 is 12.2 Å². The Morgan fingerprint density at radius 3 is 2.54 bits per heavy atom. The summed E-state index contributed by atoms with van der Waals surface area (Å²) < 4.78 is 36.1. The molecule has 0 saturated carbocycles. The molecule has 1 unspecified atom stereocenters. The fraction of sp³-hybridized carbons (Fsp3) is 0.500. The largest absolute Gasteiger partial charge is 0.403 e. The Bertz CT molecular complexity index is 279. The van der Waals surface area contributed by atoms with E-state index in [1.54, 1.807) is 11.4 Å². The molecule has 1 aromatic rings. The molecule has 0 aromatic carbocycles. The van der Waals surface area contributed by atoms with Gasteiger partial charge in [0.1, 0.15) is 6.04 Å². The zero-order valence-electron chi connectivity index (χ0n) is 7.06. The second kappa shape index (κ2) is 3.67. The van der Waals surface area contributed by atoms with Crippen molar-refractivity contribution in [1.82, 2.24) is 0 Å². The summed E-state index contributed by atoms with van der Waals surface area (Å²) in [6, 6.07) is -0.0162. The summed E-state index contributed by atoms with van der Waals surface area (Å²) >= 11 is 1.43. The van der Waals surface area contributed by atoms with Crippen molar-refractivity contribution in [2.75, 3.05) is 0 Å². The summed E-state index contributed by atoms with van der Waals surface area (Å²) in [7, 11) is 0. The molecule has 1 nitrogen and oxygen atoms in total. The third kappa shape index (κ3) is 3.00. The molecule has 1 atom stereocenters. The van der Waals surface area contributed by atoms with Gasteiger partial charge in [0.05, 0.1) is 0 Å². The van der Waals surface area contributed by atoms with Gasteiger partial charge in [-0.1, -0.05) is 0 Å². The minimum absolute atomic E-state index is 0.131. The highest BCUT2D eigenvalue weighted by Crippen LogP contribution is 2.23. The Kier molecular flexibility index (Phi) is 2.98. The number of aryl methyl sites for hydroxylation is 1. The number of halogens is 3. The minimum Gasteiger partial charge on any atom is -0.320 e. The van der Waals surface area contributed by atoms with Gasteiger partial charge in [-0.05, 0) is 30.4 Å². The Morgan fingerprint density at radius 1 is 1.54 bits per heavy atom. The van der Waals surface area contributed by atoms with Crippen LogP contribution in [-0.4, -0.2) is 12.2 Å². The first-order valence-electron chi connectivity index (χ1n) is 3.76. The Labute approximate surface area is 78.4 Å². The third-order valence-electron chi connectivity index (χ3n) is 1.66. The van der Waals surface area contributed by atoms with Crippen LogP contribution in [0.4, 0.5) is 13.2 Å². The molecule has 1 heterocycles. The Hall–Kier alpha value is -0.550. The summed E-state index contributed by atoms with van der Waals surface area (Å²) in [6.07, 6.45) is -4.43. The van der Waals surface area contributed by atoms with Crippen LogP contribution in [0.1, 0.15) is 10.4 Å². The lowest BCUT2D eigenvalue weighted by molar-refractivity contribution is -0.147. The van der Waals surface area contributed by atoms with E-state index in [0.717, 1.165) is 4.88 Å². The van der Waals surface area contributed by atoms with Gasteiger partial charge in [-0.2, -0.15) is 13.2 Å². The maximum absolute atomic E-state index is 12.0. The number of thiophene rings is 1. The minimum atomic E-state index is -4.30. The normalized spacial score (nSPS) is 14.5. The Balaban J connectivity index is 2.60. The molecule has 0 aliphatic heterocycles. The van der Waals surface area contributed by atoms with Crippen LogP contribution in [-0.2, 0) is 6.42 Å². The lowest BCUT2D eigenvalue weighted by atomic mass is 10.1. The molecule has 1 rings (SSSR count). The molecule has 0 aliphatic carbocycles. The first-order chi connectivity index (χ1) is 5.89. The van der Waals surface area contributed by atoms with Crippen molar-refractivity contribution in [3.05, 3.63) is 21.9 Å². The molecule has 74 valence electrons. The average Bonchev–Trinajstić information content (AvgIpc) is 2.33. The predicted molar refractivity (Wildman–Crippen MR) is 46.8 cm³/mol. The van der Waals surface area contributed by atoms with Gasteiger partial charge in [0, 0.05) is 4.88 Å². The van der Waals surface area contributed by atoms with Gasteiger partial charge in [-0.25, -0.2) is 0 Å². The quantitative estimate of drug-likeness (QED) is 0.795. The van der Waals surface area contributed by atoms with Gasteiger partial charge in [0.2, 0.25) is 0 Å². The van der Waals surface area contributed by atoms with Gasteiger partial charge in [0.15, 0.2) is 0 Å². The van der Waals surface area contributed by atoms with Crippen molar-refractivity contribution >= 4 is 11.3 Å². The summed E-state index contributed by atoms with van der Waals surface area (Å²) in [6.45, 7) is 1.85. The van der Waals surface area contributed by atoms with Gasteiger partial charge < -0.3 is 5.73 Å². The smallest absolute Gasteiger partial charge is 0.320 e. The van der Waals surface area contributed by atoms with Crippen LogP contribution in [0.15, 0.2) is 11.4 Å². The van der Waals surface area contributed by atoms with Crippen molar-refractivity contribution in [2.45, 2.75) is 25.6 Å². The molecule has 2 N–H and O–H groups in total.